The number of aromatic hydroxyl groups is 1. The Bertz CT molecular complexity index is 860. The van der Waals surface area contributed by atoms with E-state index in [4.69, 9.17) is 14.3 Å². The summed E-state index contributed by atoms with van der Waals surface area (Å²) in [5.41, 5.74) is 2.08. The Balaban J connectivity index is 2.20. The maximum atomic E-state index is 11.6. The van der Waals surface area contributed by atoms with Gasteiger partial charge in [0.15, 0.2) is 0 Å². The van der Waals surface area contributed by atoms with Gasteiger partial charge in [0.25, 0.3) is 0 Å². The van der Waals surface area contributed by atoms with Crippen molar-refractivity contribution in [3.8, 4) is 11.5 Å². The smallest absolute Gasteiger partial charge is 0.508 e. The molecule has 10 heteroatoms. The Hall–Kier alpha value is -1.66. The molecule has 0 radical (unpaired) electrons. The first kappa shape index (κ1) is 22.6. The Labute approximate surface area is 163 Å². The van der Waals surface area contributed by atoms with Crippen molar-refractivity contribution in [3.63, 3.8) is 0 Å². The van der Waals surface area contributed by atoms with E-state index in [1.54, 1.807) is 24.3 Å². The summed E-state index contributed by atoms with van der Waals surface area (Å²) < 4.78 is 30.9. The van der Waals surface area contributed by atoms with Crippen molar-refractivity contribution in [1.29, 1.82) is 0 Å². The Morgan fingerprint density at radius 1 is 0.821 bits per heavy atom. The first-order valence-electron chi connectivity index (χ1n) is 8.72. The number of phenolic OH excluding ortho intramolecular Hbond substituents is 1. The summed E-state index contributed by atoms with van der Waals surface area (Å²) in [4.78, 5) is 26.7. The van der Waals surface area contributed by atoms with Gasteiger partial charge in [-0.2, -0.15) is 4.31 Å². The van der Waals surface area contributed by atoms with Crippen molar-refractivity contribution < 1.29 is 37.8 Å². The minimum absolute atomic E-state index is 0.0458. The van der Waals surface area contributed by atoms with Crippen LogP contribution in [0.5, 0.6) is 11.5 Å². The van der Waals surface area contributed by atoms with Crippen LogP contribution in [0.3, 0.4) is 0 Å². The average molecular weight is 430 g/mol. The van der Waals surface area contributed by atoms with Crippen LogP contribution in [0.25, 0.3) is 0 Å². The number of benzene rings is 2. The number of phenols is 1. The highest BCUT2D eigenvalue weighted by Crippen LogP contribution is 2.57. The Morgan fingerprint density at radius 2 is 1.25 bits per heavy atom. The van der Waals surface area contributed by atoms with Gasteiger partial charge in [0.2, 0.25) is 0 Å². The van der Waals surface area contributed by atoms with Gasteiger partial charge >= 0.3 is 15.6 Å². The molecular formula is C18H24O8P2. The van der Waals surface area contributed by atoms with Gasteiger partial charge in [0, 0.05) is 0 Å². The van der Waals surface area contributed by atoms with Crippen molar-refractivity contribution in [2.24, 2.45) is 0 Å². The highest BCUT2D eigenvalue weighted by Gasteiger charge is 2.33. The van der Waals surface area contributed by atoms with Gasteiger partial charge in [0.1, 0.15) is 11.5 Å². The molecule has 0 aliphatic heterocycles. The minimum Gasteiger partial charge on any atom is -0.508 e. The summed E-state index contributed by atoms with van der Waals surface area (Å²) in [6.45, 7) is 4.15. The third-order valence-corrected chi connectivity index (χ3v) is 6.54. The summed E-state index contributed by atoms with van der Waals surface area (Å²) in [5, 5.41) is 9.50. The normalized spacial score (nSPS) is 16.2. The molecule has 0 saturated carbocycles. The lowest BCUT2D eigenvalue weighted by Gasteiger charge is -2.26. The molecular weight excluding hydrogens is 406 g/mol. The van der Waals surface area contributed by atoms with Gasteiger partial charge in [-0.15, -0.1) is 0 Å². The third-order valence-electron chi connectivity index (χ3n) is 4.43. The predicted octanol–water partition coefficient (Wildman–Crippen LogP) is 4.67. The van der Waals surface area contributed by atoms with E-state index in [0.717, 1.165) is 24.0 Å². The van der Waals surface area contributed by atoms with Gasteiger partial charge < -0.3 is 19.4 Å². The molecule has 0 aliphatic carbocycles. The zero-order chi connectivity index (χ0) is 20.9. The fourth-order valence-electron chi connectivity index (χ4n) is 3.29. The SMILES string of the molecule is CCC(c1ccc(O)cc1)C(CC)c1ccc(OP(=O)(O)OP(=O)(O)O)cc1. The van der Waals surface area contributed by atoms with Crippen LogP contribution in [0.4, 0.5) is 0 Å². The van der Waals surface area contributed by atoms with E-state index in [9.17, 15) is 19.1 Å². The van der Waals surface area contributed by atoms with Crippen molar-refractivity contribution >= 4 is 15.6 Å². The Morgan fingerprint density at radius 3 is 1.64 bits per heavy atom. The van der Waals surface area contributed by atoms with Crippen LogP contribution < -0.4 is 4.52 Å². The van der Waals surface area contributed by atoms with E-state index in [2.05, 4.69) is 18.2 Å². The van der Waals surface area contributed by atoms with Crippen molar-refractivity contribution in [1.82, 2.24) is 0 Å². The molecule has 2 aromatic carbocycles. The molecule has 0 saturated heterocycles. The summed E-state index contributed by atoms with van der Waals surface area (Å²) in [5.74, 6) is 0.532. The lowest BCUT2D eigenvalue weighted by atomic mass is 9.78. The molecule has 8 nitrogen and oxygen atoms in total. The topological polar surface area (TPSA) is 134 Å². The van der Waals surface area contributed by atoms with Gasteiger partial charge in [-0.25, -0.2) is 9.13 Å². The van der Waals surface area contributed by atoms with E-state index in [1.165, 1.54) is 12.1 Å². The number of phosphoric ester groups is 1. The predicted molar refractivity (Wildman–Crippen MR) is 104 cm³/mol. The summed E-state index contributed by atoms with van der Waals surface area (Å²) in [6, 6.07) is 13.5. The minimum atomic E-state index is -5.17. The standard InChI is InChI=1S/C18H24O8P2/c1-3-17(13-5-9-15(19)10-6-13)18(4-2)14-7-11-16(12-8-14)25-28(23,24)26-27(20,21)22/h5-12,17-19H,3-4H2,1-2H3,(H,23,24)(H2,20,21,22). The van der Waals surface area contributed by atoms with E-state index in [0.29, 0.717) is 0 Å². The average Bonchev–Trinajstić information content (AvgIpc) is 2.59. The summed E-state index contributed by atoms with van der Waals surface area (Å²) in [6.07, 6.45) is 1.73. The fourth-order valence-corrected chi connectivity index (χ4v) is 4.88. The first-order valence-corrected chi connectivity index (χ1v) is 11.8. The molecule has 3 atom stereocenters. The monoisotopic (exact) mass is 430 g/mol. The van der Waals surface area contributed by atoms with Gasteiger partial charge in [-0.1, -0.05) is 38.1 Å². The van der Waals surface area contributed by atoms with E-state index < -0.39 is 15.6 Å². The van der Waals surface area contributed by atoms with Crippen LogP contribution in [0.15, 0.2) is 48.5 Å². The molecule has 0 bridgehead atoms. The summed E-state index contributed by atoms with van der Waals surface area (Å²) in [7, 11) is -10.1. The van der Waals surface area contributed by atoms with Crippen LogP contribution in [0.2, 0.25) is 0 Å². The first-order chi connectivity index (χ1) is 13.0. The molecule has 0 heterocycles. The van der Waals surface area contributed by atoms with Crippen molar-refractivity contribution in [3.05, 3.63) is 59.7 Å². The highest BCUT2D eigenvalue weighted by molar-refractivity contribution is 7.60. The number of hydrogen-bond acceptors (Lipinski definition) is 5. The van der Waals surface area contributed by atoms with E-state index >= 15 is 0 Å². The number of hydrogen-bond donors (Lipinski definition) is 4. The van der Waals surface area contributed by atoms with Gasteiger partial charge in [-0.3, -0.25) is 4.89 Å². The molecule has 0 aliphatic rings. The zero-order valence-electron chi connectivity index (χ0n) is 15.5. The maximum Gasteiger partial charge on any atom is 0.536 e. The molecule has 0 aromatic heterocycles. The molecule has 0 amide bonds. The highest BCUT2D eigenvalue weighted by atomic mass is 31.3. The molecule has 0 spiro atoms. The fraction of sp³-hybridized carbons (Fsp3) is 0.333. The third kappa shape index (κ3) is 6.45. The molecule has 4 N–H and O–H groups in total. The van der Waals surface area contributed by atoms with Crippen LogP contribution in [-0.2, 0) is 13.4 Å². The van der Waals surface area contributed by atoms with Crippen molar-refractivity contribution in [2.75, 3.05) is 0 Å². The second-order valence-corrected chi connectivity index (χ2v) is 9.08. The van der Waals surface area contributed by atoms with Gasteiger partial charge in [0.05, 0.1) is 0 Å². The second-order valence-electron chi connectivity index (χ2n) is 6.32. The molecule has 3 unspecified atom stereocenters. The molecule has 154 valence electrons. The van der Waals surface area contributed by atoms with E-state index in [-0.39, 0.29) is 23.3 Å². The number of phosphoric acid groups is 2. The van der Waals surface area contributed by atoms with Crippen LogP contribution >= 0.6 is 15.6 Å². The van der Waals surface area contributed by atoms with Gasteiger partial charge in [-0.05, 0) is 60.1 Å². The quantitative estimate of drug-likeness (QED) is 0.422. The maximum absolute atomic E-state index is 11.6. The van der Waals surface area contributed by atoms with Crippen LogP contribution in [0.1, 0.15) is 49.7 Å². The molecule has 28 heavy (non-hydrogen) atoms. The van der Waals surface area contributed by atoms with E-state index in [1.807, 2.05) is 12.1 Å². The molecule has 2 rings (SSSR count). The number of rotatable bonds is 9. The summed E-state index contributed by atoms with van der Waals surface area (Å²) >= 11 is 0. The second kappa shape index (κ2) is 9.23. The van der Waals surface area contributed by atoms with Crippen LogP contribution in [0, 0.1) is 0 Å². The molecule has 0 fully saturated rings. The lowest BCUT2D eigenvalue weighted by molar-refractivity contribution is 0.229. The van der Waals surface area contributed by atoms with Crippen LogP contribution in [-0.4, -0.2) is 19.8 Å². The van der Waals surface area contributed by atoms with Crippen molar-refractivity contribution in [2.45, 2.75) is 38.5 Å². The molecule has 2 aromatic rings. The lowest BCUT2D eigenvalue weighted by Crippen LogP contribution is -2.10. The Kier molecular flexibility index (Phi) is 7.46. The zero-order valence-corrected chi connectivity index (χ0v) is 17.3. The largest absolute Gasteiger partial charge is 0.536 e.